The Morgan fingerprint density at radius 3 is 2.30 bits per heavy atom. The molecule has 0 fully saturated rings. The molecule has 1 aromatic carbocycles. The molecule has 2 heteroatoms. The third-order valence-electron chi connectivity index (χ3n) is 3.78. The van der Waals surface area contributed by atoms with E-state index in [1.54, 1.807) is 0 Å². The van der Waals surface area contributed by atoms with Crippen LogP contribution in [0.5, 0.6) is 0 Å². The summed E-state index contributed by atoms with van der Waals surface area (Å²) in [4.78, 5) is 2.44. The van der Waals surface area contributed by atoms with Gasteiger partial charge in [-0.15, -0.1) is 6.58 Å². The quantitative estimate of drug-likeness (QED) is 0.649. The van der Waals surface area contributed by atoms with Gasteiger partial charge in [-0.2, -0.15) is 0 Å². The van der Waals surface area contributed by atoms with Crippen LogP contribution >= 0.6 is 0 Å². The Morgan fingerprint density at radius 1 is 1.15 bits per heavy atom. The van der Waals surface area contributed by atoms with Gasteiger partial charge in [0, 0.05) is 19.1 Å². The van der Waals surface area contributed by atoms with Crippen LogP contribution < -0.4 is 5.32 Å². The summed E-state index contributed by atoms with van der Waals surface area (Å²) in [6, 6.07) is 9.54. The van der Waals surface area contributed by atoms with E-state index >= 15 is 0 Å². The van der Waals surface area contributed by atoms with E-state index in [9.17, 15) is 0 Å². The molecule has 0 amide bonds. The van der Waals surface area contributed by atoms with Crippen molar-refractivity contribution in [3.05, 3.63) is 48.0 Å². The maximum absolute atomic E-state index is 3.77. The summed E-state index contributed by atoms with van der Waals surface area (Å²) in [7, 11) is 0. The van der Waals surface area contributed by atoms with E-state index in [1.807, 2.05) is 6.08 Å². The number of hydrogen-bond acceptors (Lipinski definition) is 2. The zero-order valence-electron chi connectivity index (χ0n) is 13.4. The summed E-state index contributed by atoms with van der Waals surface area (Å²) in [5.74, 6) is 0. The van der Waals surface area contributed by atoms with E-state index in [-0.39, 0.29) is 0 Å². The smallest absolute Gasteiger partial charge is 0.0233 e. The molecule has 1 rings (SSSR count). The Labute approximate surface area is 124 Å². The third-order valence-corrected chi connectivity index (χ3v) is 3.78. The van der Waals surface area contributed by atoms with Gasteiger partial charge in [-0.05, 0) is 44.0 Å². The van der Waals surface area contributed by atoms with Crippen molar-refractivity contribution in [2.45, 2.75) is 52.7 Å². The first-order chi connectivity index (χ1) is 9.69. The Balaban J connectivity index is 2.40. The summed E-state index contributed by atoms with van der Waals surface area (Å²) < 4.78 is 0. The van der Waals surface area contributed by atoms with Crippen molar-refractivity contribution in [1.82, 2.24) is 10.2 Å². The van der Waals surface area contributed by atoms with Gasteiger partial charge < -0.3 is 5.32 Å². The normalized spacial score (nSPS) is 12.6. The summed E-state index contributed by atoms with van der Waals surface area (Å²) in [6.07, 6.45) is 4.22. The monoisotopic (exact) mass is 274 g/mol. The lowest BCUT2D eigenvalue weighted by Crippen LogP contribution is -2.25. The number of nitrogens with one attached hydrogen (secondary N) is 1. The second-order valence-electron chi connectivity index (χ2n) is 5.43. The molecule has 1 unspecified atom stereocenters. The predicted octanol–water partition coefficient (Wildman–Crippen LogP) is 3.97. The van der Waals surface area contributed by atoms with E-state index in [1.165, 1.54) is 11.1 Å². The molecule has 0 aliphatic heterocycles. The fourth-order valence-corrected chi connectivity index (χ4v) is 2.23. The van der Waals surface area contributed by atoms with E-state index in [2.05, 4.69) is 61.8 Å². The maximum Gasteiger partial charge on any atom is 0.0233 e. The number of rotatable bonds is 10. The van der Waals surface area contributed by atoms with Crippen molar-refractivity contribution in [3.63, 3.8) is 0 Å². The van der Waals surface area contributed by atoms with Crippen LogP contribution in [0.25, 0.3) is 0 Å². The minimum absolute atomic E-state index is 0.545. The van der Waals surface area contributed by atoms with E-state index in [0.29, 0.717) is 6.04 Å². The van der Waals surface area contributed by atoms with E-state index in [4.69, 9.17) is 0 Å². The molecule has 0 heterocycles. The summed E-state index contributed by atoms with van der Waals surface area (Å²) in [5.41, 5.74) is 2.76. The van der Waals surface area contributed by atoms with E-state index in [0.717, 1.165) is 39.0 Å². The van der Waals surface area contributed by atoms with Crippen LogP contribution in [0.3, 0.4) is 0 Å². The highest BCUT2D eigenvalue weighted by atomic mass is 15.1. The Kier molecular flexibility index (Phi) is 8.24. The molecule has 1 atom stereocenters. The molecule has 2 nitrogen and oxygen atoms in total. The highest BCUT2D eigenvalue weighted by molar-refractivity contribution is 5.22. The molecule has 0 spiro atoms. The SMILES string of the molecule is C=CCCC(C)NCc1ccc(CN(CC)CC)cc1. The fraction of sp³-hybridized carbons (Fsp3) is 0.556. The molecular weight excluding hydrogens is 244 g/mol. The first-order valence-corrected chi connectivity index (χ1v) is 7.84. The van der Waals surface area contributed by atoms with Gasteiger partial charge in [0.2, 0.25) is 0 Å². The lowest BCUT2D eigenvalue weighted by molar-refractivity contribution is 0.296. The molecule has 0 aliphatic carbocycles. The van der Waals surface area contributed by atoms with Crippen LogP contribution in [-0.4, -0.2) is 24.0 Å². The number of allylic oxidation sites excluding steroid dienone is 1. The van der Waals surface area contributed by atoms with Crippen molar-refractivity contribution in [3.8, 4) is 0 Å². The average molecular weight is 274 g/mol. The highest BCUT2D eigenvalue weighted by Crippen LogP contribution is 2.08. The Bertz CT molecular complexity index is 366. The van der Waals surface area contributed by atoms with Gasteiger partial charge in [-0.3, -0.25) is 4.90 Å². The Morgan fingerprint density at radius 2 is 1.75 bits per heavy atom. The molecule has 0 radical (unpaired) electrons. The minimum atomic E-state index is 0.545. The Hall–Kier alpha value is -1.12. The number of benzene rings is 1. The van der Waals surface area contributed by atoms with Crippen LogP contribution in [0.1, 0.15) is 44.7 Å². The van der Waals surface area contributed by atoms with E-state index < -0.39 is 0 Å². The second-order valence-corrected chi connectivity index (χ2v) is 5.43. The predicted molar refractivity (Wildman–Crippen MR) is 88.8 cm³/mol. The minimum Gasteiger partial charge on any atom is -0.310 e. The average Bonchev–Trinajstić information content (AvgIpc) is 2.49. The first-order valence-electron chi connectivity index (χ1n) is 7.84. The van der Waals surface area contributed by atoms with Crippen molar-refractivity contribution >= 4 is 0 Å². The zero-order valence-corrected chi connectivity index (χ0v) is 13.4. The molecule has 0 bridgehead atoms. The largest absolute Gasteiger partial charge is 0.310 e. The van der Waals surface area contributed by atoms with Crippen LogP contribution in [0, 0.1) is 0 Å². The molecule has 0 saturated heterocycles. The molecule has 112 valence electrons. The van der Waals surface area contributed by atoms with Gasteiger partial charge in [-0.1, -0.05) is 44.2 Å². The van der Waals surface area contributed by atoms with Crippen molar-refractivity contribution in [1.29, 1.82) is 0 Å². The molecule has 0 saturated carbocycles. The topological polar surface area (TPSA) is 15.3 Å². The summed E-state index contributed by atoms with van der Waals surface area (Å²) >= 11 is 0. The first kappa shape index (κ1) is 16.9. The van der Waals surface area contributed by atoms with Gasteiger partial charge in [0.25, 0.3) is 0 Å². The molecule has 0 aromatic heterocycles. The third kappa shape index (κ3) is 6.36. The summed E-state index contributed by atoms with van der Waals surface area (Å²) in [5, 5.41) is 3.56. The molecule has 0 aliphatic rings. The second kappa shape index (κ2) is 9.73. The molecule has 1 N–H and O–H groups in total. The lowest BCUT2D eigenvalue weighted by Gasteiger charge is -2.18. The number of hydrogen-bond donors (Lipinski definition) is 1. The van der Waals surface area contributed by atoms with Crippen molar-refractivity contribution in [2.24, 2.45) is 0 Å². The number of nitrogens with zero attached hydrogens (tertiary/aromatic N) is 1. The highest BCUT2D eigenvalue weighted by Gasteiger charge is 2.03. The fourth-order valence-electron chi connectivity index (χ4n) is 2.23. The lowest BCUT2D eigenvalue weighted by atomic mass is 10.1. The van der Waals surface area contributed by atoms with Crippen molar-refractivity contribution < 1.29 is 0 Å². The van der Waals surface area contributed by atoms with Gasteiger partial charge in [-0.25, -0.2) is 0 Å². The standard InChI is InChI=1S/C18H30N2/c1-5-8-9-16(4)19-14-17-10-12-18(13-11-17)15-20(6-2)7-3/h5,10-13,16,19H,1,6-9,14-15H2,2-4H3. The molecule has 20 heavy (non-hydrogen) atoms. The molecular formula is C18H30N2. The zero-order chi connectivity index (χ0) is 14.8. The van der Waals surface area contributed by atoms with Crippen LogP contribution in [-0.2, 0) is 13.1 Å². The van der Waals surface area contributed by atoms with Gasteiger partial charge in [0.05, 0.1) is 0 Å². The maximum atomic E-state index is 3.77. The van der Waals surface area contributed by atoms with Gasteiger partial charge >= 0.3 is 0 Å². The van der Waals surface area contributed by atoms with Crippen LogP contribution in [0.2, 0.25) is 0 Å². The van der Waals surface area contributed by atoms with Crippen LogP contribution in [0.4, 0.5) is 0 Å². The van der Waals surface area contributed by atoms with Gasteiger partial charge in [0.1, 0.15) is 0 Å². The van der Waals surface area contributed by atoms with Crippen LogP contribution in [0.15, 0.2) is 36.9 Å². The van der Waals surface area contributed by atoms with Gasteiger partial charge in [0.15, 0.2) is 0 Å². The summed E-state index contributed by atoms with van der Waals surface area (Å²) in [6.45, 7) is 14.7. The molecule has 1 aromatic rings. The van der Waals surface area contributed by atoms with Crippen molar-refractivity contribution in [2.75, 3.05) is 13.1 Å².